The van der Waals surface area contributed by atoms with E-state index in [-0.39, 0.29) is 0 Å². The summed E-state index contributed by atoms with van der Waals surface area (Å²) in [6, 6.07) is 8.85. The molecule has 21 heavy (non-hydrogen) atoms. The summed E-state index contributed by atoms with van der Waals surface area (Å²) in [6.07, 6.45) is 1.03. The number of thiophene rings is 1. The Hall–Kier alpha value is -1.37. The van der Waals surface area contributed by atoms with Crippen LogP contribution in [0.4, 0.5) is 5.69 Å². The first-order valence-electron chi connectivity index (χ1n) is 6.85. The third kappa shape index (κ3) is 4.06. The molecule has 1 N–H and O–H groups in total. The van der Waals surface area contributed by atoms with Crippen LogP contribution in [-0.4, -0.2) is 26.3 Å². The summed E-state index contributed by atoms with van der Waals surface area (Å²) in [7, 11) is -1.83. The lowest BCUT2D eigenvalue weighted by Gasteiger charge is -2.17. The quantitative estimate of drug-likeness (QED) is 0.849. The number of hydrogen-bond donors (Lipinski definition) is 1. The fraction of sp³-hybridized carbons (Fsp3) is 0.333. The monoisotopic (exact) mass is 324 g/mol. The minimum absolute atomic E-state index is 0.322. The summed E-state index contributed by atoms with van der Waals surface area (Å²) >= 11 is 1.57. The van der Waals surface area contributed by atoms with Gasteiger partial charge in [-0.3, -0.25) is 0 Å². The lowest BCUT2D eigenvalue weighted by atomic mass is 10.3. The lowest BCUT2D eigenvalue weighted by molar-refractivity contribution is 0.467. The van der Waals surface area contributed by atoms with Gasteiger partial charge in [-0.25, -0.2) is 8.42 Å². The van der Waals surface area contributed by atoms with E-state index >= 15 is 0 Å². The standard InChI is InChI=1S/C15H20N2O2S2/c1-3-9-16-14-4-6-15(7-5-14)21(18,19)17(2)11-13-8-10-20-12-13/h4-8,10,12,16H,3,9,11H2,1-2H3. The zero-order chi connectivity index (χ0) is 15.3. The Bertz CT molecular complexity index is 649. The van der Waals surface area contributed by atoms with Gasteiger partial charge in [-0.05, 0) is 53.1 Å². The summed E-state index contributed by atoms with van der Waals surface area (Å²) in [6.45, 7) is 3.36. The SMILES string of the molecule is CCCNc1ccc(S(=O)(=O)N(C)Cc2ccsc2)cc1. The van der Waals surface area contributed by atoms with Crippen molar-refractivity contribution < 1.29 is 8.42 Å². The molecule has 0 saturated heterocycles. The number of hydrogen-bond acceptors (Lipinski definition) is 4. The molecule has 0 aliphatic carbocycles. The van der Waals surface area contributed by atoms with Crippen LogP contribution >= 0.6 is 11.3 Å². The Morgan fingerprint density at radius 1 is 1.19 bits per heavy atom. The van der Waals surface area contributed by atoms with Crippen LogP contribution in [0.2, 0.25) is 0 Å². The zero-order valence-corrected chi connectivity index (χ0v) is 13.9. The number of nitrogens with zero attached hydrogens (tertiary/aromatic N) is 1. The minimum Gasteiger partial charge on any atom is -0.385 e. The number of rotatable bonds is 7. The van der Waals surface area contributed by atoms with Crippen LogP contribution in [-0.2, 0) is 16.6 Å². The first-order chi connectivity index (χ1) is 10.0. The molecule has 4 nitrogen and oxygen atoms in total. The molecule has 2 aromatic rings. The van der Waals surface area contributed by atoms with Gasteiger partial charge in [0.15, 0.2) is 0 Å². The summed E-state index contributed by atoms with van der Waals surface area (Å²) in [5.74, 6) is 0. The van der Waals surface area contributed by atoms with E-state index < -0.39 is 10.0 Å². The Kier molecular flexibility index (Phi) is 5.39. The van der Waals surface area contributed by atoms with Crippen molar-refractivity contribution in [3.05, 3.63) is 46.7 Å². The van der Waals surface area contributed by atoms with E-state index in [0.717, 1.165) is 24.2 Å². The van der Waals surface area contributed by atoms with E-state index in [9.17, 15) is 8.42 Å². The van der Waals surface area contributed by atoms with Crippen LogP contribution in [0.15, 0.2) is 46.0 Å². The minimum atomic E-state index is -3.44. The van der Waals surface area contributed by atoms with Crippen molar-refractivity contribution >= 4 is 27.0 Å². The predicted octanol–water partition coefficient (Wildman–Crippen LogP) is 3.39. The van der Waals surface area contributed by atoms with Crippen LogP contribution in [0.1, 0.15) is 18.9 Å². The van der Waals surface area contributed by atoms with Crippen molar-refractivity contribution in [1.29, 1.82) is 0 Å². The molecule has 1 heterocycles. The first-order valence-corrected chi connectivity index (χ1v) is 9.23. The smallest absolute Gasteiger partial charge is 0.243 e. The highest BCUT2D eigenvalue weighted by atomic mass is 32.2. The van der Waals surface area contributed by atoms with Gasteiger partial charge in [0.2, 0.25) is 10.0 Å². The van der Waals surface area contributed by atoms with Gasteiger partial charge in [0, 0.05) is 25.8 Å². The number of anilines is 1. The van der Waals surface area contributed by atoms with Crippen LogP contribution < -0.4 is 5.32 Å². The molecule has 1 aromatic heterocycles. The van der Waals surface area contributed by atoms with Crippen LogP contribution in [0.5, 0.6) is 0 Å². The van der Waals surface area contributed by atoms with E-state index in [4.69, 9.17) is 0 Å². The van der Waals surface area contributed by atoms with Gasteiger partial charge in [-0.15, -0.1) is 0 Å². The second-order valence-electron chi connectivity index (χ2n) is 4.84. The maximum absolute atomic E-state index is 12.5. The maximum Gasteiger partial charge on any atom is 0.243 e. The van der Waals surface area contributed by atoms with Crippen LogP contribution in [0.25, 0.3) is 0 Å². The Labute approximate surface area is 130 Å². The van der Waals surface area contributed by atoms with E-state index in [1.165, 1.54) is 4.31 Å². The summed E-state index contributed by atoms with van der Waals surface area (Å²) in [5, 5.41) is 7.14. The Morgan fingerprint density at radius 2 is 1.90 bits per heavy atom. The molecule has 0 unspecified atom stereocenters. The molecule has 6 heteroatoms. The molecule has 1 aromatic carbocycles. The van der Waals surface area contributed by atoms with Gasteiger partial charge in [0.1, 0.15) is 0 Å². The second-order valence-corrected chi connectivity index (χ2v) is 7.67. The topological polar surface area (TPSA) is 49.4 Å². The van der Waals surface area contributed by atoms with Crippen molar-refractivity contribution in [1.82, 2.24) is 4.31 Å². The van der Waals surface area contributed by atoms with Gasteiger partial charge in [-0.1, -0.05) is 6.92 Å². The molecule has 0 radical (unpaired) electrons. The zero-order valence-electron chi connectivity index (χ0n) is 12.2. The fourth-order valence-corrected chi connectivity index (χ4v) is 3.74. The molecule has 0 spiro atoms. The highest BCUT2D eigenvalue weighted by molar-refractivity contribution is 7.89. The summed E-state index contributed by atoms with van der Waals surface area (Å²) in [4.78, 5) is 0.322. The average molecular weight is 324 g/mol. The molecule has 114 valence electrons. The number of sulfonamides is 1. The molecule has 0 aliphatic heterocycles. The fourth-order valence-electron chi connectivity index (χ4n) is 1.92. The van der Waals surface area contributed by atoms with Crippen molar-refractivity contribution in [2.24, 2.45) is 0 Å². The van der Waals surface area contributed by atoms with E-state index in [0.29, 0.717) is 11.4 Å². The molecule has 0 aliphatic rings. The molecule has 0 bridgehead atoms. The Morgan fingerprint density at radius 3 is 2.48 bits per heavy atom. The molecule has 0 atom stereocenters. The second kappa shape index (κ2) is 7.06. The molecule has 2 rings (SSSR count). The van der Waals surface area contributed by atoms with Gasteiger partial charge in [-0.2, -0.15) is 15.6 Å². The normalized spacial score (nSPS) is 11.8. The van der Waals surface area contributed by atoms with Gasteiger partial charge in [0.25, 0.3) is 0 Å². The van der Waals surface area contributed by atoms with Crippen molar-refractivity contribution in [2.45, 2.75) is 24.8 Å². The summed E-state index contributed by atoms with van der Waals surface area (Å²) < 4.78 is 26.4. The van der Waals surface area contributed by atoms with Gasteiger partial charge in [0.05, 0.1) is 4.90 Å². The van der Waals surface area contributed by atoms with Crippen LogP contribution in [0, 0.1) is 0 Å². The van der Waals surface area contributed by atoms with E-state index in [1.54, 1.807) is 42.6 Å². The average Bonchev–Trinajstić information content (AvgIpc) is 2.98. The molecule has 0 fully saturated rings. The lowest BCUT2D eigenvalue weighted by Crippen LogP contribution is -2.26. The molecule has 0 amide bonds. The third-order valence-electron chi connectivity index (χ3n) is 3.13. The summed E-state index contributed by atoms with van der Waals surface area (Å²) in [5.41, 5.74) is 1.95. The maximum atomic E-state index is 12.5. The highest BCUT2D eigenvalue weighted by Crippen LogP contribution is 2.19. The Balaban J connectivity index is 2.11. The van der Waals surface area contributed by atoms with Crippen molar-refractivity contribution in [3.63, 3.8) is 0 Å². The molecule has 0 saturated carbocycles. The first kappa shape index (κ1) is 16.0. The van der Waals surface area contributed by atoms with Crippen molar-refractivity contribution in [3.8, 4) is 0 Å². The number of benzene rings is 1. The predicted molar refractivity (Wildman–Crippen MR) is 88.2 cm³/mol. The van der Waals surface area contributed by atoms with Crippen molar-refractivity contribution in [2.75, 3.05) is 18.9 Å². The molecular formula is C15H20N2O2S2. The van der Waals surface area contributed by atoms with E-state index in [1.807, 2.05) is 16.8 Å². The number of nitrogens with one attached hydrogen (secondary N) is 1. The van der Waals surface area contributed by atoms with Crippen LogP contribution in [0.3, 0.4) is 0 Å². The highest BCUT2D eigenvalue weighted by Gasteiger charge is 2.20. The van der Waals surface area contributed by atoms with Gasteiger partial charge < -0.3 is 5.32 Å². The largest absolute Gasteiger partial charge is 0.385 e. The van der Waals surface area contributed by atoms with Gasteiger partial charge >= 0.3 is 0 Å². The van der Waals surface area contributed by atoms with E-state index in [2.05, 4.69) is 12.2 Å². The third-order valence-corrected chi connectivity index (χ3v) is 5.68. The molecular weight excluding hydrogens is 304 g/mol.